The van der Waals surface area contributed by atoms with Crippen LogP contribution in [0.2, 0.25) is 0 Å². The Bertz CT molecular complexity index is 965. The van der Waals surface area contributed by atoms with Gasteiger partial charge in [0, 0.05) is 18.7 Å². The molecule has 0 radical (unpaired) electrons. The van der Waals surface area contributed by atoms with Crippen LogP contribution in [-0.2, 0) is 21.0 Å². The molecule has 0 aliphatic heterocycles. The fourth-order valence-electron chi connectivity index (χ4n) is 2.16. The number of amides is 1. The van der Waals surface area contributed by atoms with Gasteiger partial charge >= 0.3 is 6.18 Å². The summed E-state index contributed by atoms with van der Waals surface area (Å²) in [6.45, 7) is -0.378. The first-order valence-electron chi connectivity index (χ1n) is 7.59. The molecule has 2 aromatic carbocycles. The van der Waals surface area contributed by atoms with Gasteiger partial charge in [-0.3, -0.25) is 4.79 Å². The highest BCUT2D eigenvalue weighted by Crippen LogP contribution is 2.33. The van der Waals surface area contributed by atoms with Gasteiger partial charge in [-0.1, -0.05) is 12.1 Å². The van der Waals surface area contributed by atoms with Gasteiger partial charge in [-0.25, -0.2) is 13.1 Å². The zero-order valence-electron chi connectivity index (χ0n) is 13.7. The van der Waals surface area contributed by atoms with Gasteiger partial charge < -0.3 is 5.32 Å². The van der Waals surface area contributed by atoms with Gasteiger partial charge in [-0.15, -0.1) is 0 Å². The van der Waals surface area contributed by atoms with Crippen molar-refractivity contribution in [2.24, 2.45) is 0 Å². The number of hydrogen-bond donors (Lipinski definition) is 2. The summed E-state index contributed by atoms with van der Waals surface area (Å²) in [5.74, 6) is -0.536. The number of alkyl halides is 3. The third-order valence-corrected chi connectivity index (χ3v) is 4.94. The van der Waals surface area contributed by atoms with Crippen LogP contribution in [0.15, 0.2) is 53.4 Å². The van der Waals surface area contributed by atoms with Crippen molar-refractivity contribution in [2.75, 3.05) is 11.9 Å². The second-order valence-corrected chi connectivity index (χ2v) is 7.11. The standard InChI is InChI=1S/C17H14F3N3O3S/c18-17(19,20)14-3-1-2-4-15(14)27(25,26)22-10-9-16(24)23-13-7-5-12(11-21)6-8-13/h1-8,22H,9-10H2,(H,23,24). The van der Waals surface area contributed by atoms with Crippen LogP contribution in [0.4, 0.5) is 18.9 Å². The van der Waals surface area contributed by atoms with E-state index in [-0.39, 0.29) is 13.0 Å². The SMILES string of the molecule is N#Cc1ccc(NC(=O)CCNS(=O)(=O)c2ccccc2C(F)(F)F)cc1. The molecule has 0 aliphatic rings. The molecule has 0 bridgehead atoms. The minimum absolute atomic E-state index is 0.284. The van der Waals surface area contributed by atoms with Gasteiger partial charge in [0.2, 0.25) is 15.9 Å². The molecule has 0 aromatic heterocycles. The summed E-state index contributed by atoms with van der Waals surface area (Å²) >= 11 is 0. The minimum Gasteiger partial charge on any atom is -0.326 e. The molecule has 0 unspecified atom stereocenters. The molecule has 0 saturated carbocycles. The summed E-state index contributed by atoms with van der Waals surface area (Å²) in [7, 11) is -4.44. The fourth-order valence-corrected chi connectivity index (χ4v) is 3.42. The molecule has 2 aromatic rings. The number of anilines is 1. The number of hydrogen-bond acceptors (Lipinski definition) is 4. The Morgan fingerprint density at radius 3 is 2.30 bits per heavy atom. The summed E-state index contributed by atoms with van der Waals surface area (Å²) in [5.41, 5.74) is -0.465. The van der Waals surface area contributed by atoms with E-state index in [0.717, 1.165) is 12.1 Å². The van der Waals surface area contributed by atoms with Crippen LogP contribution in [0.1, 0.15) is 17.5 Å². The molecule has 6 nitrogen and oxygen atoms in total. The van der Waals surface area contributed by atoms with E-state index in [2.05, 4.69) is 5.32 Å². The number of sulfonamides is 1. The summed E-state index contributed by atoms with van der Waals surface area (Å²) in [5, 5.41) is 11.2. The first-order chi connectivity index (χ1) is 12.6. The molecule has 0 heterocycles. The minimum atomic E-state index is -4.82. The average molecular weight is 397 g/mol. The first-order valence-corrected chi connectivity index (χ1v) is 9.08. The molecule has 0 atom stereocenters. The predicted octanol–water partition coefficient (Wildman–Crippen LogP) is 2.88. The van der Waals surface area contributed by atoms with Gasteiger partial charge in [0.1, 0.15) is 0 Å². The van der Waals surface area contributed by atoms with E-state index < -0.39 is 32.6 Å². The quantitative estimate of drug-likeness (QED) is 0.783. The maximum atomic E-state index is 12.9. The van der Waals surface area contributed by atoms with Crippen LogP contribution in [-0.4, -0.2) is 20.9 Å². The molecule has 10 heteroatoms. The zero-order valence-corrected chi connectivity index (χ0v) is 14.6. The molecule has 27 heavy (non-hydrogen) atoms. The van der Waals surface area contributed by atoms with Crippen molar-refractivity contribution in [3.63, 3.8) is 0 Å². The average Bonchev–Trinajstić information content (AvgIpc) is 2.61. The van der Waals surface area contributed by atoms with Crippen molar-refractivity contribution >= 4 is 21.6 Å². The number of rotatable bonds is 6. The predicted molar refractivity (Wildman–Crippen MR) is 91.0 cm³/mol. The van der Waals surface area contributed by atoms with Crippen molar-refractivity contribution in [2.45, 2.75) is 17.5 Å². The van der Waals surface area contributed by atoms with Crippen LogP contribution in [0.25, 0.3) is 0 Å². The van der Waals surface area contributed by atoms with Crippen molar-refractivity contribution in [1.82, 2.24) is 4.72 Å². The highest BCUT2D eigenvalue weighted by atomic mass is 32.2. The van der Waals surface area contributed by atoms with Crippen LogP contribution in [0.5, 0.6) is 0 Å². The monoisotopic (exact) mass is 397 g/mol. The van der Waals surface area contributed by atoms with Gasteiger partial charge in [-0.2, -0.15) is 18.4 Å². The Morgan fingerprint density at radius 1 is 1.07 bits per heavy atom. The summed E-state index contributed by atoms with van der Waals surface area (Å²) < 4.78 is 65.1. The molecule has 142 valence electrons. The Morgan fingerprint density at radius 2 is 1.70 bits per heavy atom. The largest absolute Gasteiger partial charge is 0.417 e. The molecular formula is C17H14F3N3O3S. The van der Waals surface area contributed by atoms with E-state index in [4.69, 9.17) is 5.26 Å². The maximum absolute atomic E-state index is 12.9. The Balaban J connectivity index is 1.98. The number of halogens is 3. The third-order valence-electron chi connectivity index (χ3n) is 3.42. The molecule has 2 rings (SSSR count). The van der Waals surface area contributed by atoms with Crippen LogP contribution < -0.4 is 10.0 Å². The van der Waals surface area contributed by atoms with Gasteiger partial charge in [-0.05, 0) is 36.4 Å². The van der Waals surface area contributed by atoms with Crippen molar-refractivity contribution in [3.05, 3.63) is 59.7 Å². The second kappa shape index (κ2) is 8.20. The molecular weight excluding hydrogens is 383 g/mol. The van der Waals surface area contributed by atoms with Crippen molar-refractivity contribution < 1.29 is 26.4 Å². The number of nitrogens with zero attached hydrogens (tertiary/aromatic N) is 1. The number of nitriles is 1. The smallest absolute Gasteiger partial charge is 0.326 e. The lowest BCUT2D eigenvalue weighted by Gasteiger charge is -2.13. The molecule has 0 saturated heterocycles. The maximum Gasteiger partial charge on any atom is 0.417 e. The van der Waals surface area contributed by atoms with Gasteiger partial charge in [0.15, 0.2) is 0 Å². The molecule has 1 amide bonds. The van der Waals surface area contributed by atoms with E-state index in [9.17, 15) is 26.4 Å². The fraction of sp³-hybridized carbons (Fsp3) is 0.176. The third kappa shape index (κ3) is 5.54. The summed E-state index contributed by atoms with van der Waals surface area (Å²) in [4.78, 5) is 10.9. The van der Waals surface area contributed by atoms with Gasteiger partial charge in [0.25, 0.3) is 0 Å². The van der Waals surface area contributed by atoms with E-state index >= 15 is 0 Å². The molecule has 2 N–H and O–H groups in total. The number of carbonyl (C=O) groups excluding carboxylic acids is 1. The van der Waals surface area contributed by atoms with E-state index in [0.29, 0.717) is 17.3 Å². The Hall–Kier alpha value is -2.90. The van der Waals surface area contributed by atoms with E-state index in [1.807, 2.05) is 10.8 Å². The topological polar surface area (TPSA) is 99.1 Å². The molecule has 0 aliphatic carbocycles. The first kappa shape index (κ1) is 20.4. The summed E-state index contributed by atoms with van der Waals surface area (Å²) in [6, 6.07) is 11.7. The second-order valence-electron chi connectivity index (χ2n) is 5.38. The lowest BCUT2D eigenvalue weighted by atomic mass is 10.2. The summed E-state index contributed by atoms with van der Waals surface area (Å²) in [6.07, 6.45) is -5.11. The number of benzene rings is 2. The highest BCUT2D eigenvalue weighted by Gasteiger charge is 2.36. The van der Waals surface area contributed by atoms with Crippen LogP contribution >= 0.6 is 0 Å². The van der Waals surface area contributed by atoms with Crippen molar-refractivity contribution in [3.8, 4) is 6.07 Å². The number of carbonyl (C=O) groups is 1. The number of nitrogens with one attached hydrogen (secondary N) is 2. The van der Waals surface area contributed by atoms with Crippen LogP contribution in [0, 0.1) is 11.3 Å². The van der Waals surface area contributed by atoms with Crippen molar-refractivity contribution in [1.29, 1.82) is 5.26 Å². The van der Waals surface area contributed by atoms with Gasteiger partial charge in [0.05, 0.1) is 22.1 Å². The van der Waals surface area contributed by atoms with E-state index in [1.54, 1.807) is 0 Å². The van der Waals surface area contributed by atoms with Crippen LogP contribution in [0.3, 0.4) is 0 Å². The highest BCUT2D eigenvalue weighted by molar-refractivity contribution is 7.89. The Labute approximate surface area is 153 Å². The lowest BCUT2D eigenvalue weighted by Crippen LogP contribution is -2.29. The lowest BCUT2D eigenvalue weighted by molar-refractivity contribution is -0.139. The zero-order chi connectivity index (χ0) is 20.1. The molecule has 0 fully saturated rings. The Kier molecular flexibility index (Phi) is 6.20. The molecule has 0 spiro atoms. The normalized spacial score (nSPS) is 11.6. The van der Waals surface area contributed by atoms with E-state index in [1.165, 1.54) is 30.3 Å².